The summed E-state index contributed by atoms with van der Waals surface area (Å²) in [6.45, 7) is -0.741. The van der Waals surface area contributed by atoms with Crippen LogP contribution in [-0.2, 0) is 10.4 Å². The zero-order chi connectivity index (χ0) is 21.1. The Morgan fingerprint density at radius 1 is 1.03 bits per heavy atom. The molecule has 2 aromatic heterocycles. The monoisotopic (exact) mass is 421 g/mol. The van der Waals surface area contributed by atoms with Crippen molar-refractivity contribution in [3.05, 3.63) is 89.2 Å². The number of hydrogen-bond acceptors (Lipinski definition) is 4. The van der Waals surface area contributed by atoms with Gasteiger partial charge < -0.3 is 20.5 Å². The normalized spacial score (nSPS) is 13.2. The molecular weight excluding hydrogens is 402 g/mol. The minimum absolute atomic E-state index is 0.0926. The lowest BCUT2D eigenvalue weighted by Gasteiger charge is -2.30. The summed E-state index contributed by atoms with van der Waals surface area (Å²) in [4.78, 5) is 19.0. The van der Waals surface area contributed by atoms with E-state index < -0.39 is 18.1 Å². The number of pyridine rings is 1. The molecule has 1 unspecified atom stereocenters. The third-order valence-electron chi connectivity index (χ3n) is 5.14. The lowest BCUT2D eigenvalue weighted by molar-refractivity contribution is -0.124. The largest absolute Gasteiger partial charge is 0.387 e. The smallest absolute Gasteiger partial charge is 0.245 e. The van der Waals surface area contributed by atoms with E-state index in [1.165, 1.54) is 0 Å². The van der Waals surface area contributed by atoms with Crippen LogP contribution in [0.1, 0.15) is 11.1 Å². The van der Waals surface area contributed by atoms with Gasteiger partial charge in [0.15, 0.2) is 0 Å². The first-order chi connectivity index (χ1) is 14.5. The predicted octanol–water partition coefficient (Wildman–Crippen LogP) is 3.23. The number of aromatic amines is 1. The van der Waals surface area contributed by atoms with E-state index in [1.54, 1.807) is 30.5 Å². The van der Waals surface area contributed by atoms with Gasteiger partial charge in [0.05, 0.1) is 6.54 Å². The molecule has 0 spiro atoms. The summed E-state index contributed by atoms with van der Waals surface area (Å²) < 4.78 is 0. The molecule has 2 heterocycles. The SMILES string of the molecule is O=C(CO)NCC(O)(c1ccc(Cl)cc1)c1ccc(-c2ccnc3[nH]ccc23)cc1. The molecule has 0 fully saturated rings. The molecule has 0 bridgehead atoms. The van der Waals surface area contributed by atoms with Crippen LogP contribution in [0.4, 0.5) is 0 Å². The van der Waals surface area contributed by atoms with E-state index in [-0.39, 0.29) is 6.54 Å². The molecule has 0 aliphatic heterocycles. The highest BCUT2D eigenvalue weighted by atomic mass is 35.5. The number of nitrogens with one attached hydrogen (secondary N) is 2. The second-order valence-corrected chi connectivity index (χ2v) is 7.41. The van der Waals surface area contributed by atoms with Crippen molar-refractivity contribution >= 4 is 28.5 Å². The molecule has 152 valence electrons. The summed E-state index contributed by atoms with van der Waals surface area (Å²) in [5.41, 5.74) is 2.50. The number of rotatable bonds is 6. The molecule has 1 amide bonds. The second-order valence-electron chi connectivity index (χ2n) is 6.98. The Morgan fingerprint density at radius 3 is 2.37 bits per heavy atom. The highest BCUT2D eigenvalue weighted by Gasteiger charge is 2.32. The number of aliphatic hydroxyl groups excluding tert-OH is 1. The number of carbonyl (C=O) groups excluding carboxylic acids is 1. The van der Waals surface area contributed by atoms with Crippen molar-refractivity contribution in [2.45, 2.75) is 5.60 Å². The quantitative estimate of drug-likeness (QED) is 0.384. The molecule has 2 aromatic carbocycles. The van der Waals surface area contributed by atoms with Crippen LogP contribution < -0.4 is 5.32 Å². The molecule has 4 aromatic rings. The van der Waals surface area contributed by atoms with Gasteiger partial charge in [-0.05, 0) is 46.5 Å². The first-order valence-corrected chi connectivity index (χ1v) is 9.78. The molecule has 0 saturated heterocycles. The van der Waals surface area contributed by atoms with Crippen LogP contribution in [-0.4, -0.2) is 39.2 Å². The van der Waals surface area contributed by atoms with Crippen molar-refractivity contribution in [1.82, 2.24) is 15.3 Å². The fourth-order valence-electron chi connectivity index (χ4n) is 3.52. The lowest BCUT2D eigenvalue weighted by atomic mass is 9.85. The molecule has 4 rings (SSSR count). The zero-order valence-corrected chi connectivity index (χ0v) is 16.7. The minimum atomic E-state index is -1.49. The standard InChI is InChI=1S/C23H20ClN3O3/c24-18-7-5-17(6-8-18)23(30,14-27-21(29)13-28)16-3-1-15(2-4-16)19-9-11-25-22-20(19)10-12-26-22/h1-12,28,30H,13-14H2,(H,25,26)(H,27,29). The Kier molecular flexibility index (Phi) is 5.55. The molecule has 0 radical (unpaired) electrons. The number of carbonyl (C=O) groups is 1. The summed E-state index contributed by atoms with van der Waals surface area (Å²) in [6.07, 6.45) is 3.59. The molecule has 1 atom stereocenters. The average molecular weight is 422 g/mol. The number of H-pyrrole nitrogens is 1. The van der Waals surface area contributed by atoms with Crippen LogP contribution in [0.25, 0.3) is 22.2 Å². The van der Waals surface area contributed by atoms with Crippen molar-refractivity contribution in [3.63, 3.8) is 0 Å². The van der Waals surface area contributed by atoms with E-state index in [2.05, 4.69) is 15.3 Å². The van der Waals surface area contributed by atoms with E-state index in [4.69, 9.17) is 16.7 Å². The first-order valence-electron chi connectivity index (χ1n) is 9.40. The first kappa shape index (κ1) is 20.1. The average Bonchev–Trinajstić information content (AvgIpc) is 3.27. The number of fused-ring (bicyclic) bond motifs is 1. The predicted molar refractivity (Wildman–Crippen MR) is 116 cm³/mol. The number of nitrogens with zero attached hydrogens (tertiary/aromatic N) is 1. The van der Waals surface area contributed by atoms with E-state index in [9.17, 15) is 9.90 Å². The van der Waals surface area contributed by atoms with Crippen molar-refractivity contribution in [2.24, 2.45) is 0 Å². The van der Waals surface area contributed by atoms with Crippen molar-refractivity contribution in [1.29, 1.82) is 0 Å². The molecule has 6 nitrogen and oxygen atoms in total. The second kappa shape index (κ2) is 8.28. The number of halogens is 1. The van der Waals surface area contributed by atoms with Gasteiger partial charge in [0, 0.05) is 22.8 Å². The summed E-state index contributed by atoms with van der Waals surface area (Å²) in [7, 11) is 0. The Balaban J connectivity index is 1.72. The lowest BCUT2D eigenvalue weighted by Crippen LogP contribution is -2.42. The minimum Gasteiger partial charge on any atom is -0.387 e. The van der Waals surface area contributed by atoms with Crippen LogP contribution in [0.2, 0.25) is 5.02 Å². The van der Waals surface area contributed by atoms with E-state index in [0.29, 0.717) is 16.1 Å². The maximum atomic E-state index is 11.6. The van der Waals surface area contributed by atoms with Crippen molar-refractivity contribution < 1.29 is 15.0 Å². The van der Waals surface area contributed by atoms with E-state index >= 15 is 0 Å². The van der Waals surface area contributed by atoms with Gasteiger partial charge in [-0.3, -0.25) is 4.79 Å². The Morgan fingerprint density at radius 2 is 1.70 bits per heavy atom. The molecule has 7 heteroatoms. The Bertz CT molecular complexity index is 1170. The third-order valence-corrected chi connectivity index (χ3v) is 5.39. The molecular formula is C23H20ClN3O3. The van der Waals surface area contributed by atoms with E-state index in [1.807, 2.05) is 42.6 Å². The Hall–Kier alpha value is -3.19. The fraction of sp³-hybridized carbons (Fsp3) is 0.130. The van der Waals surface area contributed by atoms with Gasteiger partial charge >= 0.3 is 0 Å². The van der Waals surface area contributed by atoms with Gasteiger partial charge in [-0.15, -0.1) is 0 Å². The number of aromatic nitrogens is 2. The maximum Gasteiger partial charge on any atom is 0.245 e. The van der Waals surface area contributed by atoms with E-state index in [0.717, 1.165) is 22.2 Å². The summed E-state index contributed by atoms with van der Waals surface area (Å²) in [5, 5.41) is 24.7. The van der Waals surface area contributed by atoms with Gasteiger partial charge in [-0.25, -0.2) is 4.98 Å². The van der Waals surface area contributed by atoms with Crippen molar-refractivity contribution in [2.75, 3.05) is 13.2 Å². The fourth-order valence-corrected chi connectivity index (χ4v) is 3.64. The number of hydrogen-bond donors (Lipinski definition) is 4. The van der Waals surface area contributed by atoms with Crippen molar-refractivity contribution in [3.8, 4) is 11.1 Å². The highest BCUT2D eigenvalue weighted by Crippen LogP contribution is 2.33. The maximum absolute atomic E-state index is 11.6. The van der Waals surface area contributed by atoms with Crippen LogP contribution in [0.15, 0.2) is 73.1 Å². The number of benzene rings is 2. The van der Waals surface area contributed by atoms with Crippen LogP contribution >= 0.6 is 11.6 Å². The van der Waals surface area contributed by atoms with Gasteiger partial charge in [-0.1, -0.05) is 48.0 Å². The van der Waals surface area contributed by atoms with Gasteiger partial charge in [-0.2, -0.15) is 0 Å². The zero-order valence-electron chi connectivity index (χ0n) is 16.0. The van der Waals surface area contributed by atoms with Gasteiger partial charge in [0.1, 0.15) is 17.9 Å². The summed E-state index contributed by atoms with van der Waals surface area (Å²) >= 11 is 5.99. The summed E-state index contributed by atoms with van der Waals surface area (Å²) in [5.74, 6) is -0.564. The Labute approximate surface area is 178 Å². The van der Waals surface area contributed by atoms with Gasteiger partial charge in [0.2, 0.25) is 5.91 Å². The topological polar surface area (TPSA) is 98.2 Å². The highest BCUT2D eigenvalue weighted by molar-refractivity contribution is 6.30. The van der Waals surface area contributed by atoms with Crippen LogP contribution in [0.3, 0.4) is 0 Å². The molecule has 0 aliphatic rings. The third kappa shape index (κ3) is 3.80. The number of aliphatic hydroxyl groups is 2. The van der Waals surface area contributed by atoms with Crippen LogP contribution in [0, 0.1) is 0 Å². The molecule has 0 aliphatic carbocycles. The van der Waals surface area contributed by atoms with Crippen LogP contribution in [0.5, 0.6) is 0 Å². The molecule has 0 saturated carbocycles. The number of amides is 1. The molecule has 30 heavy (non-hydrogen) atoms. The summed E-state index contributed by atoms with van der Waals surface area (Å²) in [6, 6.07) is 18.2. The molecule has 4 N–H and O–H groups in total. The van der Waals surface area contributed by atoms with Gasteiger partial charge in [0.25, 0.3) is 0 Å².